The number of amidine groups is 1. The monoisotopic (exact) mass is 458 g/mol. The number of rotatable bonds is 6. The Hall–Kier alpha value is -4.77. The summed E-state index contributed by atoms with van der Waals surface area (Å²) in [5.74, 6) is 0.473. The lowest BCUT2D eigenvalue weighted by molar-refractivity contribution is -0.123. The molecule has 35 heavy (non-hydrogen) atoms. The molecule has 0 radical (unpaired) electrons. The maximum absolute atomic E-state index is 13.3. The van der Waals surface area contributed by atoms with E-state index in [9.17, 15) is 9.59 Å². The number of carbonyl (C=O) groups excluding carboxylic acids is 2. The Kier molecular flexibility index (Phi) is 6.31. The van der Waals surface area contributed by atoms with Gasteiger partial charge in [0.15, 0.2) is 0 Å². The molecule has 5 heteroatoms. The molecule has 0 saturated carbocycles. The zero-order valence-corrected chi connectivity index (χ0v) is 18.9. The van der Waals surface area contributed by atoms with Crippen molar-refractivity contribution in [3.05, 3.63) is 143 Å². The Morgan fingerprint density at radius 2 is 1.37 bits per heavy atom. The fourth-order valence-electron chi connectivity index (χ4n) is 3.80. The van der Waals surface area contributed by atoms with Crippen LogP contribution in [0.2, 0.25) is 0 Å². The summed E-state index contributed by atoms with van der Waals surface area (Å²) in [5.41, 5.74) is 3.52. The van der Waals surface area contributed by atoms with E-state index in [-0.39, 0.29) is 5.91 Å². The molecule has 5 rings (SSSR count). The molecule has 0 aromatic heterocycles. The van der Waals surface area contributed by atoms with Crippen molar-refractivity contribution in [2.24, 2.45) is 4.99 Å². The number of amides is 1. The van der Waals surface area contributed by atoms with E-state index < -0.39 is 5.97 Å². The molecule has 1 aliphatic rings. The van der Waals surface area contributed by atoms with Crippen LogP contribution >= 0.6 is 0 Å². The molecule has 0 fully saturated rings. The van der Waals surface area contributed by atoms with Gasteiger partial charge in [0, 0.05) is 5.56 Å². The van der Waals surface area contributed by atoms with Crippen LogP contribution in [0.3, 0.4) is 0 Å². The number of carbonyl (C=O) groups is 2. The van der Waals surface area contributed by atoms with E-state index in [0.717, 1.165) is 16.7 Å². The van der Waals surface area contributed by atoms with Crippen LogP contribution in [0.25, 0.3) is 6.08 Å². The predicted molar refractivity (Wildman–Crippen MR) is 136 cm³/mol. The van der Waals surface area contributed by atoms with Gasteiger partial charge in [0.05, 0.1) is 12.1 Å². The third kappa shape index (κ3) is 5.09. The highest BCUT2D eigenvalue weighted by atomic mass is 16.5. The van der Waals surface area contributed by atoms with E-state index in [0.29, 0.717) is 29.4 Å². The van der Waals surface area contributed by atoms with E-state index in [1.54, 1.807) is 59.5 Å². The van der Waals surface area contributed by atoms with E-state index in [1.807, 2.05) is 66.7 Å². The highest BCUT2D eigenvalue weighted by Crippen LogP contribution is 2.25. The quantitative estimate of drug-likeness (QED) is 0.210. The fraction of sp³-hybridized carbons (Fsp3) is 0.0333. The van der Waals surface area contributed by atoms with Crippen molar-refractivity contribution in [1.29, 1.82) is 0 Å². The minimum Gasteiger partial charge on any atom is -0.423 e. The van der Waals surface area contributed by atoms with Gasteiger partial charge in [-0.2, -0.15) is 0 Å². The second kappa shape index (κ2) is 10.0. The van der Waals surface area contributed by atoms with Crippen molar-refractivity contribution < 1.29 is 14.3 Å². The van der Waals surface area contributed by atoms with E-state index >= 15 is 0 Å². The second-order valence-corrected chi connectivity index (χ2v) is 8.03. The third-order valence-electron chi connectivity index (χ3n) is 5.57. The Bertz CT molecular complexity index is 1390. The van der Waals surface area contributed by atoms with Gasteiger partial charge in [0.1, 0.15) is 17.3 Å². The molecule has 1 aliphatic heterocycles. The number of hydrogen-bond donors (Lipinski definition) is 0. The lowest BCUT2D eigenvalue weighted by Crippen LogP contribution is -2.32. The summed E-state index contributed by atoms with van der Waals surface area (Å²) >= 11 is 0. The Morgan fingerprint density at radius 3 is 2.03 bits per heavy atom. The summed E-state index contributed by atoms with van der Waals surface area (Å²) < 4.78 is 5.44. The van der Waals surface area contributed by atoms with E-state index in [1.165, 1.54) is 0 Å². The molecule has 5 nitrogen and oxygen atoms in total. The zero-order chi connectivity index (χ0) is 24.0. The molecule has 170 valence electrons. The van der Waals surface area contributed by atoms with Crippen LogP contribution in [0, 0.1) is 0 Å². The van der Waals surface area contributed by atoms with Gasteiger partial charge >= 0.3 is 5.97 Å². The molecular formula is C30H22N2O3. The van der Waals surface area contributed by atoms with Gasteiger partial charge in [-0.3, -0.25) is 9.69 Å². The average Bonchev–Trinajstić information content (AvgIpc) is 3.21. The van der Waals surface area contributed by atoms with Crippen molar-refractivity contribution in [3.8, 4) is 5.75 Å². The number of ether oxygens (including phenoxy) is 1. The molecule has 0 unspecified atom stereocenters. The van der Waals surface area contributed by atoms with E-state index in [4.69, 9.17) is 9.73 Å². The van der Waals surface area contributed by atoms with Gasteiger partial charge in [-0.1, -0.05) is 91.0 Å². The largest absolute Gasteiger partial charge is 0.423 e. The molecule has 0 bridgehead atoms. The summed E-state index contributed by atoms with van der Waals surface area (Å²) in [6.45, 7) is 0.430. The highest BCUT2D eigenvalue weighted by molar-refractivity contribution is 6.19. The normalized spacial score (nSPS) is 14.2. The topological polar surface area (TPSA) is 59.0 Å². The lowest BCUT2D eigenvalue weighted by atomic mass is 10.1. The van der Waals surface area contributed by atoms with Crippen LogP contribution in [0.15, 0.2) is 126 Å². The first-order valence-corrected chi connectivity index (χ1v) is 11.3. The van der Waals surface area contributed by atoms with Gasteiger partial charge in [-0.05, 0) is 41.5 Å². The summed E-state index contributed by atoms with van der Waals surface area (Å²) in [5, 5.41) is 0. The third-order valence-corrected chi connectivity index (χ3v) is 5.57. The molecule has 1 amide bonds. The predicted octanol–water partition coefficient (Wildman–Crippen LogP) is 5.74. The van der Waals surface area contributed by atoms with Gasteiger partial charge in [-0.15, -0.1) is 0 Å². The first-order chi connectivity index (χ1) is 17.2. The average molecular weight is 459 g/mol. The molecule has 0 saturated heterocycles. The van der Waals surface area contributed by atoms with Crippen LogP contribution < -0.4 is 4.74 Å². The Morgan fingerprint density at radius 1 is 0.771 bits per heavy atom. The maximum Gasteiger partial charge on any atom is 0.343 e. The molecule has 0 atom stereocenters. The van der Waals surface area contributed by atoms with Crippen molar-refractivity contribution in [1.82, 2.24) is 4.90 Å². The first kappa shape index (κ1) is 22.0. The van der Waals surface area contributed by atoms with Crippen LogP contribution in [-0.2, 0) is 11.3 Å². The van der Waals surface area contributed by atoms with Crippen molar-refractivity contribution in [2.45, 2.75) is 6.54 Å². The second-order valence-electron chi connectivity index (χ2n) is 8.03. The van der Waals surface area contributed by atoms with Crippen LogP contribution in [0.5, 0.6) is 5.75 Å². The SMILES string of the molecule is O=C(Oc1ccc(C=C2N=C(c3ccccc3)N(Cc3ccccc3)C2=O)cc1)c1ccccc1. The van der Waals surface area contributed by atoms with Gasteiger partial charge in [0.2, 0.25) is 0 Å². The van der Waals surface area contributed by atoms with Gasteiger partial charge in [-0.25, -0.2) is 9.79 Å². The number of aliphatic imine (C=N–C) groups is 1. The Labute approximate surface area is 203 Å². The molecule has 4 aromatic rings. The molecular weight excluding hydrogens is 436 g/mol. The molecule has 4 aromatic carbocycles. The molecule has 1 heterocycles. The van der Waals surface area contributed by atoms with Crippen molar-refractivity contribution in [3.63, 3.8) is 0 Å². The standard InChI is InChI=1S/C30H22N2O3/c33-29-27(20-22-16-18-26(19-17-22)35-30(34)25-14-8-3-9-15-25)31-28(24-12-6-2-7-13-24)32(29)21-23-10-4-1-5-11-23/h1-20H,21H2. The van der Waals surface area contributed by atoms with Crippen LogP contribution in [-0.4, -0.2) is 22.6 Å². The number of hydrogen-bond acceptors (Lipinski definition) is 4. The first-order valence-electron chi connectivity index (χ1n) is 11.3. The maximum atomic E-state index is 13.3. The van der Waals surface area contributed by atoms with Gasteiger partial charge in [0.25, 0.3) is 5.91 Å². The van der Waals surface area contributed by atoms with Crippen LogP contribution in [0.4, 0.5) is 0 Å². The minimum atomic E-state index is -0.420. The smallest absolute Gasteiger partial charge is 0.343 e. The zero-order valence-electron chi connectivity index (χ0n) is 18.9. The molecule has 0 spiro atoms. The minimum absolute atomic E-state index is 0.160. The van der Waals surface area contributed by atoms with Crippen molar-refractivity contribution in [2.75, 3.05) is 0 Å². The number of esters is 1. The van der Waals surface area contributed by atoms with Crippen LogP contribution in [0.1, 0.15) is 27.0 Å². The highest BCUT2D eigenvalue weighted by Gasteiger charge is 2.31. The Balaban J connectivity index is 1.39. The van der Waals surface area contributed by atoms with Gasteiger partial charge < -0.3 is 4.74 Å². The number of benzene rings is 4. The van der Waals surface area contributed by atoms with E-state index in [2.05, 4.69) is 0 Å². The summed E-state index contributed by atoms with van der Waals surface area (Å²) in [7, 11) is 0. The lowest BCUT2D eigenvalue weighted by Gasteiger charge is -2.18. The molecule has 0 N–H and O–H groups in total. The fourth-order valence-corrected chi connectivity index (χ4v) is 3.80. The summed E-state index contributed by atoms with van der Waals surface area (Å²) in [4.78, 5) is 32.0. The summed E-state index contributed by atoms with van der Waals surface area (Å²) in [6.07, 6.45) is 1.75. The summed E-state index contributed by atoms with van der Waals surface area (Å²) in [6, 6.07) is 35.4. The number of nitrogens with zero attached hydrogens (tertiary/aromatic N) is 2. The molecule has 0 aliphatic carbocycles. The van der Waals surface area contributed by atoms with Crippen molar-refractivity contribution >= 4 is 23.8 Å².